The van der Waals surface area contributed by atoms with Crippen LogP contribution in [0.4, 0.5) is 0 Å². The molecule has 2 rings (SSSR count). The quantitative estimate of drug-likeness (QED) is 0.513. The van der Waals surface area contributed by atoms with Gasteiger partial charge in [0.05, 0.1) is 0 Å². The molecule has 0 saturated heterocycles. The van der Waals surface area contributed by atoms with Crippen molar-refractivity contribution < 1.29 is 9.59 Å². The average molecular weight is 166 g/mol. The van der Waals surface area contributed by atoms with Crippen molar-refractivity contribution in [3.05, 3.63) is 0 Å². The van der Waals surface area contributed by atoms with Gasteiger partial charge in [-0.15, -0.1) is 0 Å². The topological polar surface area (TPSA) is 34.1 Å². The lowest BCUT2D eigenvalue weighted by atomic mass is 9.70. The normalized spacial score (nSPS) is 36.3. The van der Waals surface area contributed by atoms with E-state index in [1.165, 1.54) is 25.7 Å². The van der Waals surface area contributed by atoms with Crippen LogP contribution in [0.2, 0.25) is 0 Å². The third-order valence-corrected chi connectivity index (χ3v) is 3.27. The minimum absolute atomic E-state index is 0.113. The molecular formula is C10H14O2. The van der Waals surface area contributed by atoms with Gasteiger partial charge in [0.2, 0.25) is 0 Å². The summed E-state index contributed by atoms with van der Waals surface area (Å²) in [5.74, 6) is 0.865. The van der Waals surface area contributed by atoms with Gasteiger partial charge in [0.25, 0.3) is 0 Å². The van der Waals surface area contributed by atoms with Crippen LogP contribution in [0.5, 0.6) is 0 Å². The number of carbonyl (C=O) groups is 2. The largest absolute Gasteiger partial charge is 0.291 e. The second-order valence-corrected chi connectivity index (χ2v) is 4.06. The SMILES string of the molecule is O=C1C[C@H]2CCCC[C@H]2CC1=O. The number of ketones is 2. The zero-order chi connectivity index (χ0) is 8.55. The second kappa shape index (κ2) is 3.00. The van der Waals surface area contributed by atoms with Crippen LogP contribution >= 0.6 is 0 Å². The van der Waals surface area contributed by atoms with Crippen molar-refractivity contribution in [3.8, 4) is 0 Å². The number of Topliss-reactive ketones (excluding diaryl/α,β-unsaturated/α-hetero) is 2. The van der Waals surface area contributed by atoms with E-state index in [1.807, 2.05) is 0 Å². The van der Waals surface area contributed by atoms with Gasteiger partial charge in [0, 0.05) is 12.8 Å². The first-order valence-corrected chi connectivity index (χ1v) is 4.83. The van der Waals surface area contributed by atoms with Crippen molar-refractivity contribution in [2.24, 2.45) is 11.8 Å². The average Bonchev–Trinajstić information content (AvgIpc) is 2.07. The molecule has 2 nitrogen and oxygen atoms in total. The van der Waals surface area contributed by atoms with Crippen molar-refractivity contribution in [1.82, 2.24) is 0 Å². The van der Waals surface area contributed by atoms with E-state index in [4.69, 9.17) is 0 Å². The number of hydrogen-bond acceptors (Lipinski definition) is 2. The molecule has 12 heavy (non-hydrogen) atoms. The van der Waals surface area contributed by atoms with Gasteiger partial charge in [0.1, 0.15) is 0 Å². The summed E-state index contributed by atoms with van der Waals surface area (Å²) in [5, 5.41) is 0. The van der Waals surface area contributed by atoms with Gasteiger partial charge in [-0.3, -0.25) is 9.59 Å². The predicted octanol–water partition coefficient (Wildman–Crippen LogP) is 1.72. The third-order valence-electron chi connectivity index (χ3n) is 3.27. The molecule has 2 heteroatoms. The van der Waals surface area contributed by atoms with Crippen LogP contribution in [-0.2, 0) is 9.59 Å². The van der Waals surface area contributed by atoms with Crippen LogP contribution in [0.3, 0.4) is 0 Å². The Balaban J connectivity index is 2.07. The highest BCUT2D eigenvalue weighted by Crippen LogP contribution is 2.37. The first-order chi connectivity index (χ1) is 5.77. The Bertz CT molecular complexity index is 196. The summed E-state index contributed by atoms with van der Waals surface area (Å²) in [5.41, 5.74) is 0. The highest BCUT2D eigenvalue weighted by atomic mass is 16.2. The van der Waals surface area contributed by atoms with Crippen LogP contribution in [0.25, 0.3) is 0 Å². The Hall–Kier alpha value is -0.660. The molecule has 0 aromatic carbocycles. The van der Waals surface area contributed by atoms with Gasteiger partial charge >= 0.3 is 0 Å². The molecule has 0 radical (unpaired) electrons. The summed E-state index contributed by atoms with van der Waals surface area (Å²) in [7, 11) is 0. The van der Waals surface area contributed by atoms with Crippen LogP contribution < -0.4 is 0 Å². The lowest BCUT2D eigenvalue weighted by Crippen LogP contribution is -2.34. The van der Waals surface area contributed by atoms with Gasteiger partial charge in [-0.1, -0.05) is 12.8 Å². The predicted molar refractivity (Wildman–Crippen MR) is 44.7 cm³/mol. The lowest BCUT2D eigenvalue weighted by molar-refractivity contribution is -0.141. The summed E-state index contributed by atoms with van der Waals surface area (Å²) in [6.07, 6.45) is 5.94. The van der Waals surface area contributed by atoms with Gasteiger partial charge in [-0.05, 0) is 24.7 Å². The van der Waals surface area contributed by atoms with Gasteiger partial charge in [0.15, 0.2) is 11.6 Å². The zero-order valence-corrected chi connectivity index (χ0v) is 7.21. The molecule has 2 atom stereocenters. The van der Waals surface area contributed by atoms with E-state index in [2.05, 4.69) is 0 Å². The smallest absolute Gasteiger partial charge is 0.198 e. The fourth-order valence-corrected chi connectivity index (χ4v) is 2.53. The number of fused-ring (bicyclic) bond motifs is 1. The Labute approximate surface area is 72.3 Å². The fourth-order valence-electron chi connectivity index (χ4n) is 2.53. The summed E-state index contributed by atoms with van der Waals surface area (Å²) >= 11 is 0. The van der Waals surface area contributed by atoms with E-state index < -0.39 is 0 Å². The maximum atomic E-state index is 11.1. The lowest BCUT2D eigenvalue weighted by Gasteiger charge is -2.33. The molecule has 0 aromatic heterocycles. The summed E-state index contributed by atoms with van der Waals surface area (Å²) in [4.78, 5) is 22.2. The molecule has 2 aliphatic rings. The first-order valence-electron chi connectivity index (χ1n) is 4.83. The van der Waals surface area contributed by atoms with Gasteiger partial charge in [-0.25, -0.2) is 0 Å². The number of rotatable bonds is 0. The Morgan fingerprint density at radius 3 is 1.67 bits per heavy atom. The van der Waals surface area contributed by atoms with E-state index in [0.717, 1.165) is 0 Å². The number of carbonyl (C=O) groups excluding carboxylic acids is 2. The third kappa shape index (κ3) is 1.30. The maximum Gasteiger partial charge on any atom is 0.198 e. The van der Waals surface area contributed by atoms with Crippen molar-refractivity contribution in [1.29, 1.82) is 0 Å². The first kappa shape index (κ1) is 7.96. The molecule has 0 spiro atoms. The summed E-state index contributed by atoms with van der Waals surface area (Å²) in [6.45, 7) is 0. The molecule has 0 heterocycles. The molecule has 66 valence electrons. The molecule has 0 N–H and O–H groups in total. The van der Waals surface area contributed by atoms with Crippen LogP contribution in [-0.4, -0.2) is 11.6 Å². The molecule has 0 unspecified atom stereocenters. The van der Waals surface area contributed by atoms with E-state index in [-0.39, 0.29) is 11.6 Å². The minimum Gasteiger partial charge on any atom is -0.291 e. The van der Waals surface area contributed by atoms with E-state index >= 15 is 0 Å². The van der Waals surface area contributed by atoms with Crippen molar-refractivity contribution >= 4 is 11.6 Å². The zero-order valence-electron chi connectivity index (χ0n) is 7.21. The van der Waals surface area contributed by atoms with E-state index in [9.17, 15) is 9.59 Å². The van der Waals surface area contributed by atoms with Crippen molar-refractivity contribution in [2.45, 2.75) is 38.5 Å². The van der Waals surface area contributed by atoms with E-state index in [1.54, 1.807) is 0 Å². The molecule has 0 aliphatic heterocycles. The molecule has 2 saturated carbocycles. The van der Waals surface area contributed by atoms with Crippen molar-refractivity contribution in [2.75, 3.05) is 0 Å². The summed E-state index contributed by atoms with van der Waals surface area (Å²) < 4.78 is 0. The Kier molecular flexibility index (Phi) is 1.99. The molecule has 2 fully saturated rings. The van der Waals surface area contributed by atoms with Gasteiger partial charge < -0.3 is 0 Å². The van der Waals surface area contributed by atoms with E-state index in [0.29, 0.717) is 24.7 Å². The van der Waals surface area contributed by atoms with Crippen LogP contribution in [0.15, 0.2) is 0 Å². The second-order valence-electron chi connectivity index (χ2n) is 4.06. The van der Waals surface area contributed by atoms with Crippen LogP contribution in [0, 0.1) is 11.8 Å². The Morgan fingerprint density at radius 2 is 1.25 bits per heavy atom. The number of hydrogen-bond donors (Lipinski definition) is 0. The molecule has 0 amide bonds. The monoisotopic (exact) mass is 166 g/mol. The van der Waals surface area contributed by atoms with Crippen molar-refractivity contribution in [3.63, 3.8) is 0 Å². The molecular weight excluding hydrogens is 152 g/mol. The standard InChI is InChI=1S/C10H14O2/c11-9-5-7-3-1-2-4-8(7)6-10(9)12/h7-8H,1-6H2/t7-,8+. The van der Waals surface area contributed by atoms with Gasteiger partial charge in [-0.2, -0.15) is 0 Å². The highest BCUT2D eigenvalue weighted by molar-refractivity contribution is 6.37. The fraction of sp³-hybridized carbons (Fsp3) is 0.800. The Morgan fingerprint density at radius 1 is 0.833 bits per heavy atom. The van der Waals surface area contributed by atoms with Crippen LogP contribution in [0.1, 0.15) is 38.5 Å². The minimum atomic E-state index is -0.113. The summed E-state index contributed by atoms with van der Waals surface area (Å²) in [6, 6.07) is 0. The molecule has 0 aromatic rings. The maximum absolute atomic E-state index is 11.1. The molecule has 0 bridgehead atoms. The highest BCUT2D eigenvalue weighted by Gasteiger charge is 2.35. The molecule has 2 aliphatic carbocycles.